The van der Waals surface area contributed by atoms with Crippen molar-refractivity contribution in [2.24, 2.45) is 0 Å². The summed E-state index contributed by atoms with van der Waals surface area (Å²) in [4.78, 5) is 43.4. The van der Waals surface area contributed by atoms with Crippen LogP contribution in [0.5, 0.6) is 0 Å². The molecule has 2 aliphatic rings. The van der Waals surface area contributed by atoms with Crippen molar-refractivity contribution in [1.82, 2.24) is 19.9 Å². The minimum absolute atomic E-state index is 0.0441. The average molecular weight is 446 g/mol. The second-order valence-electron chi connectivity index (χ2n) is 8.73. The molecule has 8 heteroatoms. The molecule has 0 saturated carbocycles. The van der Waals surface area contributed by atoms with Gasteiger partial charge in [0, 0.05) is 31.3 Å². The molecule has 33 heavy (non-hydrogen) atoms. The van der Waals surface area contributed by atoms with E-state index in [1.807, 2.05) is 25.1 Å². The third-order valence-electron chi connectivity index (χ3n) is 6.47. The van der Waals surface area contributed by atoms with Crippen molar-refractivity contribution in [3.63, 3.8) is 0 Å². The minimum Gasteiger partial charge on any atom is -0.436 e. The van der Waals surface area contributed by atoms with Crippen LogP contribution in [0.15, 0.2) is 34.7 Å². The average Bonchev–Trinajstić information content (AvgIpc) is 3.49. The second kappa shape index (κ2) is 8.42. The Morgan fingerprint density at radius 2 is 1.88 bits per heavy atom. The van der Waals surface area contributed by atoms with Crippen LogP contribution in [0.4, 0.5) is 5.82 Å². The fourth-order valence-corrected chi connectivity index (χ4v) is 4.80. The predicted octanol–water partition coefficient (Wildman–Crippen LogP) is 3.50. The molecule has 0 spiro atoms. The van der Waals surface area contributed by atoms with Gasteiger partial charge in [0.1, 0.15) is 5.82 Å². The van der Waals surface area contributed by atoms with E-state index < -0.39 is 0 Å². The normalized spacial score (nSPS) is 17.7. The molecule has 5 rings (SSSR count). The SMILES string of the molecule is Cc1nc(C)c(C(=O)N2CCCC2c2nc(C)c3c(n2)N(CCc2ccccc2)C(=O)C3)o1. The molecule has 170 valence electrons. The highest BCUT2D eigenvalue weighted by Gasteiger charge is 2.38. The van der Waals surface area contributed by atoms with Crippen molar-refractivity contribution >= 4 is 17.6 Å². The maximum absolute atomic E-state index is 13.2. The largest absolute Gasteiger partial charge is 0.436 e. The van der Waals surface area contributed by atoms with E-state index in [1.165, 1.54) is 5.56 Å². The molecular formula is C25H27N5O3. The summed E-state index contributed by atoms with van der Waals surface area (Å²) in [6, 6.07) is 9.86. The van der Waals surface area contributed by atoms with Gasteiger partial charge in [0.15, 0.2) is 11.7 Å². The van der Waals surface area contributed by atoms with Crippen LogP contribution in [-0.2, 0) is 17.6 Å². The Morgan fingerprint density at radius 3 is 2.61 bits per heavy atom. The lowest BCUT2D eigenvalue weighted by Gasteiger charge is -2.24. The molecule has 0 aliphatic carbocycles. The maximum atomic E-state index is 13.2. The van der Waals surface area contributed by atoms with Gasteiger partial charge < -0.3 is 9.32 Å². The molecule has 0 bridgehead atoms. The number of fused-ring (bicyclic) bond motifs is 1. The summed E-state index contributed by atoms with van der Waals surface area (Å²) in [5.41, 5.74) is 3.45. The smallest absolute Gasteiger partial charge is 0.292 e. The van der Waals surface area contributed by atoms with Crippen molar-refractivity contribution in [3.05, 3.63) is 70.3 Å². The molecule has 3 aromatic rings. The predicted molar refractivity (Wildman–Crippen MR) is 122 cm³/mol. The Bertz CT molecular complexity index is 1220. The van der Waals surface area contributed by atoms with Crippen LogP contribution < -0.4 is 4.90 Å². The van der Waals surface area contributed by atoms with Gasteiger partial charge in [-0.3, -0.25) is 14.5 Å². The number of rotatable bonds is 5. The third kappa shape index (κ3) is 3.90. The van der Waals surface area contributed by atoms with Gasteiger partial charge in [-0.1, -0.05) is 30.3 Å². The number of amides is 2. The van der Waals surface area contributed by atoms with Crippen molar-refractivity contribution in [2.45, 2.75) is 52.5 Å². The van der Waals surface area contributed by atoms with Gasteiger partial charge in [-0.05, 0) is 38.7 Å². The third-order valence-corrected chi connectivity index (χ3v) is 6.47. The molecule has 4 heterocycles. The first-order chi connectivity index (χ1) is 15.9. The van der Waals surface area contributed by atoms with Crippen molar-refractivity contribution in [1.29, 1.82) is 0 Å². The number of aromatic nitrogens is 3. The van der Waals surface area contributed by atoms with E-state index in [0.717, 1.165) is 30.5 Å². The van der Waals surface area contributed by atoms with Gasteiger partial charge in [-0.25, -0.2) is 15.0 Å². The fraction of sp³-hybridized carbons (Fsp3) is 0.400. The van der Waals surface area contributed by atoms with Crippen LogP contribution >= 0.6 is 0 Å². The first kappa shape index (κ1) is 21.3. The summed E-state index contributed by atoms with van der Waals surface area (Å²) in [6.45, 7) is 6.61. The van der Waals surface area contributed by atoms with Gasteiger partial charge in [0.2, 0.25) is 11.7 Å². The quantitative estimate of drug-likeness (QED) is 0.597. The molecule has 2 aromatic heterocycles. The van der Waals surface area contributed by atoms with Gasteiger partial charge >= 0.3 is 0 Å². The summed E-state index contributed by atoms with van der Waals surface area (Å²) in [6.07, 6.45) is 2.70. The van der Waals surface area contributed by atoms with Crippen LogP contribution in [-0.4, -0.2) is 44.8 Å². The Morgan fingerprint density at radius 1 is 1.09 bits per heavy atom. The molecule has 1 fully saturated rings. The van der Waals surface area contributed by atoms with Crippen molar-refractivity contribution in [2.75, 3.05) is 18.0 Å². The second-order valence-corrected chi connectivity index (χ2v) is 8.73. The number of anilines is 1. The molecule has 8 nitrogen and oxygen atoms in total. The number of carbonyl (C=O) groups excluding carboxylic acids is 2. The Labute approximate surface area is 192 Å². The first-order valence-corrected chi connectivity index (χ1v) is 11.4. The summed E-state index contributed by atoms with van der Waals surface area (Å²) < 4.78 is 5.58. The van der Waals surface area contributed by atoms with Crippen molar-refractivity contribution < 1.29 is 14.0 Å². The highest BCUT2D eigenvalue weighted by molar-refractivity contribution is 6.00. The molecule has 1 unspecified atom stereocenters. The van der Waals surface area contributed by atoms with Crippen molar-refractivity contribution in [3.8, 4) is 0 Å². The molecule has 0 N–H and O–H groups in total. The van der Waals surface area contributed by atoms with Gasteiger partial charge in [0.05, 0.1) is 18.2 Å². The first-order valence-electron chi connectivity index (χ1n) is 11.4. The number of aryl methyl sites for hydroxylation is 3. The topological polar surface area (TPSA) is 92.4 Å². The highest BCUT2D eigenvalue weighted by Crippen LogP contribution is 2.36. The number of carbonyl (C=O) groups is 2. The van der Waals surface area contributed by atoms with E-state index >= 15 is 0 Å². The Balaban J connectivity index is 1.43. The molecule has 2 amide bonds. The van der Waals surface area contributed by atoms with E-state index in [1.54, 1.807) is 23.6 Å². The molecule has 1 saturated heterocycles. The fourth-order valence-electron chi connectivity index (χ4n) is 4.80. The summed E-state index contributed by atoms with van der Waals surface area (Å²) >= 11 is 0. The zero-order valence-corrected chi connectivity index (χ0v) is 19.2. The van der Waals surface area contributed by atoms with E-state index in [9.17, 15) is 9.59 Å². The van der Waals surface area contributed by atoms with E-state index in [-0.39, 0.29) is 23.6 Å². The molecule has 0 radical (unpaired) electrons. The van der Waals surface area contributed by atoms with Crippen LogP contribution in [0.25, 0.3) is 0 Å². The lowest BCUT2D eigenvalue weighted by Crippen LogP contribution is -2.33. The molecule has 2 aliphatic heterocycles. The Kier molecular flexibility index (Phi) is 5.44. The number of benzene rings is 1. The lowest BCUT2D eigenvalue weighted by atomic mass is 10.1. The monoisotopic (exact) mass is 445 g/mol. The number of hydrogen-bond donors (Lipinski definition) is 0. The van der Waals surface area contributed by atoms with Crippen LogP contribution in [0.2, 0.25) is 0 Å². The number of oxazole rings is 1. The van der Waals surface area contributed by atoms with Crippen LogP contribution in [0.3, 0.4) is 0 Å². The number of hydrogen-bond acceptors (Lipinski definition) is 6. The summed E-state index contributed by atoms with van der Waals surface area (Å²) in [5, 5.41) is 0. The molecule has 1 atom stereocenters. The van der Waals surface area contributed by atoms with Crippen LogP contribution in [0, 0.1) is 20.8 Å². The number of likely N-dealkylation sites (tertiary alicyclic amines) is 1. The Hall–Kier alpha value is -3.55. The summed E-state index contributed by atoms with van der Waals surface area (Å²) in [7, 11) is 0. The standard InChI is InChI=1S/C25H27N5O3/c1-15-19-14-21(31)30(13-11-18-8-5-4-6-9-18)24(19)28-23(27-15)20-10-7-12-29(20)25(32)22-16(2)26-17(3)33-22/h4-6,8-9,20H,7,10-14H2,1-3H3. The number of nitrogens with zero attached hydrogens (tertiary/aromatic N) is 5. The van der Waals surface area contributed by atoms with Gasteiger partial charge in [0.25, 0.3) is 5.91 Å². The van der Waals surface area contributed by atoms with Gasteiger partial charge in [-0.15, -0.1) is 0 Å². The maximum Gasteiger partial charge on any atom is 0.292 e. The zero-order chi connectivity index (χ0) is 23.1. The molecule has 1 aromatic carbocycles. The zero-order valence-electron chi connectivity index (χ0n) is 19.2. The minimum atomic E-state index is -0.252. The van der Waals surface area contributed by atoms with E-state index in [0.29, 0.717) is 42.7 Å². The highest BCUT2D eigenvalue weighted by atomic mass is 16.4. The summed E-state index contributed by atoms with van der Waals surface area (Å²) in [5.74, 6) is 1.88. The van der Waals surface area contributed by atoms with E-state index in [2.05, 4.69) is 17.1 Å². The molecular weight excluding hydrogens is 418 g/mol. The van der Waals surface area contributed by atoms with Gasteiger partial charge in [-0.2, -0.15) is 0 Å². The van der Waals surface area contributed by atoms with E-state index in [4.69, 9.17) is 14.4 Å². The lowest BCUT2D eigenvalue weighted by molar-refractivity contribution is -0.117. The van der Waals surface area contributed by atoms with Crippen LogP contribution in [0.1, 0.15) is 63.7 Å².